The molecule has 5 heteroatoms. The fourth-order valence-electron chi connectivity index (χ4n) is 3.82. The summed E-state index contributed by atoms with van der Waals surface area (Å²) in [5, 5.41) is 3.93. The number of allylic oxidation sites excluding steroid dienone is 1. The molecule has 0 saturated heterocycles. The smallest absolute Gasteiger partial charge is 0.244 e. The van der Waals surface area contributed by atoms with Gasteiger partial charge < -0.3 is 19.2 Å². The summed E-state index contributed by atoms with van der Waals surface area (Å²) in [5.41, 5.74) is 5.30. The van der Waals surface area contributed by atoms with Gasteiger partial charge in [0.1, 0.15) is 17.1 Å². The number of furan rings is 1. The van der Waals surface area contributed by atoms with E-state index in [1.165, 1.54) is 0 Å². The molecule has 1 amide bonds. The Hall–Kier alpha value is -3.21. The van der Waals surface area contributed by atoms with E-state index in [9.17, 15) is 4.79 Å². The van der Waals surface area contributed by atoms with Crippen LogP contribution in [0, 0.1) is 12.8 Å². The van der Waals surface area contributed by atoms with Crippen molar-refractivity contribution in [2.24, 2.45) is 5.92 Å². The normalized spacial score (nSPS) is 11.8. The van der Waals surface area contributed by atoms with Crippen LogP contribution in [0.5, 0.6) is 11.5 Å². The molecule has 1 N–H and O–H groups in total. The number of amides is 1. The summed E-state index contributed by atoms with van der Waals surface area (Å²) in [7, 11) is 1.66. The van der Waals surface area contributed by atoms with Crippen LogP contribution in [0.15, 0.2) is 47.1 Å². The minimum Gasteiger partial charge on any atom is -0.496 e. The molecule has 3 aromatic rings. The van der Waals surface area contributed by atoms with Gasteiger partial charge in [0, 0.05) is 40.3 Å². The van der Waals surface area contributed by atoms with Crippen LogP contribution in [0.4, 0.5) is 0 Å². The van der Waals surface area contributed by atoms with Gasteiger partial charge in [-0.05, 0) is 50.8 Å². The molecule has 32 heavy (non-hydrogen) atoms. The van der Waals surface area contributed by atoms with Gasteiger partial charge in [-0.15, -0.1) is 0 Å². The van der Waals surface area contributed by atoms with Crippen molar-refractivity contribution in [1.82, 2.24) is 5.32 Å². The lowest BCUT2D eigenvalue weighted by molar-refractivity contribution is -0.116. The molecule has 3 rings (SSSR count). The summed E-state index contributed by atoms with van der Waals surface area (Å²) in [6, 6.07) is 9.92. The highest BCUT2D eigenvalue weighted by molar-refractivity contribution is 6.02. The molecule has 0 unspecified atom stereocenters. The minimum absolute atomic E-state index is 0.0968. The summed E-state index contributed by atoms with van der Waals surface area (Å²) in [6.07, 6.45) is 4.35. The number of carbonyl (C=O) groups excluding carboxylic acids is 1. The van der Waals surface area contributed by atoms with Gasteiger partial charge in [-0.1, -0.05) is 32.0 Å². The van der Waals surface area contributed by atoms with Gasteiger partial charge in [-0.3, -0.25) is 4.79 Å². The average molecular weight is 436 g/mol. The third-order valence-electron chi connectivity index (χ3n) is 5.52. The van der Waals surface area contributed by atoms with E-state index in [1.54, 1.807) is 19.4 Å². The van der Waals surface area contributed by atoms with E-state index in [2.05, 4.69) is 19.2 Å². The second-order valence-electron chi connectivity index (χ2n) is 8.34. The molecule has 0 aliphatic carbocycles. The summed E-state index contributed by atoms with van der Waals surface area (Å²) < 4.78 is 17.5. The maximum absolute atomic E-state index is 12.5. The van der Waals surface area contributed by atoms with Crippen molar-refractivity contribution in [2.45, 2.75) is 41.0 Å². The number of carbonyl (C=O) groups is 1. The number of nitrogens with one attached hydrogen (secondary N) is 1. The summed E-state index contributed by atoms with van der Waals surface area (Å²) in [4.78, 5) is 12.5. The summed E-state index contributed by atoms with van der Waals surface area (Å²) in [5.74, 6) is 1.97. The Balaban J connectivity index is 2.09. The maximum atomic E-state index is 12.5. The SMILES string of the molecule is CCOc1c(/C(C)=C/C(=O)NCCC(C)C)cc2c(-c3ccccc3OC)coc2c1C. The Morgan fingerprint density at radius 3 is 2.66 bits per heavy atom. The van der Waals surface area contributed by atoms with Crippen LogP contribution in [-0.2, 0) is 4.79 Å². The predicted molar refractivity (Wildman–Crippen MR) is 130 cm³/mol. The zero-order chi connectivity index (χ0) is 23.3. The zero-order valence-corrected chi connectivity index (χ0v) is 19.9. The van der Waals surface area contributed by atoms with Crippen LogP contribution in [0.1, 0.15) is 45.2 Å². The second kappa shape index (κ2) is 10.4. The van der Waals surface area contributed by atoms with E-state index in [0.717, 1.165) is 56.7 Å². The molecule has 0 fully saturated rings. The first kappa shape index (κ1) is 23.5. The molecule has 0 atom stereocenters. The molecule has 2 aromatic carbocycles. The third-order valence-corrected chi connectivity index (χ3v) is 5.52. The highest BCUT2D eigenvalue weighted by Gasteiger charge is 2.20. The van der Waals surface area contributed by atoms with E-state index in [0.29, 0.717) is 19.1 Å². The molecule has 0 aliphatic heterocycles. The Morgan fingerprint density at radius 2 is 1.97 bits per heavy atom. The maximum Gasteiger partial charge on any atom is 0.244 e. The molecular weight excluding hydrogens is 402 g/mol. The first-order valence-corrected chi connectivity index (χ1v) is 11.1. The number of benzene rings is 2. The van der Waals surface area contributed by atoms with Crippen molar-refractivity contribution in [1.29, 1.82) is 0 Å². The molecule has 0 saturated carbocycles. The molecule has 170 valence electrons. The number of fused-ring (bicyclic) bond motifs is 1. The second-order valence-corrected chi connectivity index (χ2v) is 8.34. The number of hydrogen-bond acceptors (Lipinski definition) is 4. The quantitative estimate of drug-likeness (QED) is 0.396. The topological polar surface area (TPSA) is 60.7 Å². The molecule has 1 heterocycles. The van der Waals surface area contributed by atoms with Gasteiger partial charge in [0.25, 0.3) is 0 Å². The molecule has 0 spiro atoms. The van der Waals surface area contributed by atoms with Gasteiger partial charge in [0.05, 0.1) is 20.0 Å². The number of aryl methyl sites for hydroxylation is 1. The van der Waals surface area contributed by atoms with Crippen LogP contribution < -0.4 is 14.8 Å². The van der Waals surface area contributed by atoms with Crippen molar-refractivity contribution in [2.75, 3.05) is 20.3 Å². The van der Waals surface area contributed by atoms with Crippen LogP contribution in [0.2, 0.25) is 0 Å². The highest BCUT2D eigenvalue weighted by atomic mass is 16.5. The standard InChI is InChI=1S/C27H33NO4/c1-7-31-26-19(5)27-22(23(16-32-27)20-10-8-9-11-24(20)30-6)15-21(26)18(4)14-25(29)28-13-12-17(2)3/h8-11,14-17H,7,12-13H2,1-6H3,(H,28,29)/b18-14+. The fourth-order valence-corrected chi connectivity index (χ4v) is 3.82. The van der Waals surface area contributed by atoms with Crippen molar-refractivity contribution in [3.63, 3.8) is 0 Å². The summed E-state index contributed by atoms with van der Waals surface area (Å²) in [6.45, 7) is 11.3. The largest absolute Gasteiger partial charge is 0.496 e. The number of rotatable bonds is 9. The number of hydrogen-bond donors (Lipinski definition) is 1. The third kappa shape index (κ3) is 4.98. The van der Waals surface area contributed by atoms with Crippen LogP contribution in [-0.4, -0.2) is 26.2 Å². The van der Waals surface area contributed by atoms with E-state index in [4.69, 9.17) is 13.9 Å². The molecule has 0 aliphatic rings. The first-order valence-electron chi connectivity index (χ1n) is 11.1. The van der Waals surface area contributed by atoms with Crippen molar-refractivity contribution >= 4 is 22.4 Å². The van der Waals surface area contributed by atoms with Gasteiger partial charge in [0.15, 0.2) is 0 Å². The predicted octanol–water partition coefficient (Wildman–Crippen LogP) is 6.38. The van der Waals surface area contributed by atoms with E-state index in [-0.39, 0.29) is 5.91 Å². The number of ether oxygens (including phenoxy) is 2. The van der Waals surface area contributed by atoms with Gasteiger partial charge in [0.2, 0.25) is 5.91 Å². The van der Waals surface area contributed by atoms with Crippen molar-refractivity contribution in [3.05, 3.63) is 53.8 Å². The van der Waals surface area contributed by atoms with Crippen LogP contribution in [0.25, 0.3) is 27.7 Å². The van der Waals surface area contributed by atoms with E-state index < -0.39 is 0 Å². The minimum atomic E-state index is -0.0968. The lowest BCUT2D eigenvalue weighted by Gasteiger charge is -2.15. The monoisotopic (exact) mass is 435 g/mol. The Morgan fingerprint density at radius 1 is 1.22 bits per heavy atom. The van der Waals surface area contributed by atoms with Crippen molar-refractivity contribution in [3.8, 4) is 22.6 Å². The number of para-hydroxylation sites is 1. The Kier molecular flexibility index (Phi) is 7.62. The molecule has 0 bridgehead atoms. The zero-order valence-electron chi connectivity index (χ0n) is 19.9. The fraction of sp³-hybridized carbons (Fsp3) is 0.370. The lowest BCUT2D eigenvalue weighted by Crippen LogP contribution is -2.23. The van der Waals surface area contributed by atoms with Gasteiger partial charge in [-0.25, -0.2) is 0 Å². The van der Waals surface area contributed by atoms with E-state index >= 15 is 0 Å². The first-order chi connectivity index (χ1) is 15.4. The Labute approximate surface area is 190 Å². The molecular formula is C27H33NO4. The van der Waals surface area contributed by atoms with Gasteiger partial charge in [-0.2, -0.15) is 0 Å². The highest BCUT2D eigenvalue weighted by Crippen LogP contribution is 2.42. The number of methoxy groups -OCH3 is 1. The molecule has 0 radical (unpaired) electrons. The Bertz CT molecular complexity index is 1120. The summed E-state index contributed by atoms with van der Waals surface area (Å²) >= 11 is 0. The van der Waals surface area contributed by atoms with Crippen molar-refractivity contribution < 1.29 is 18.7 Å². The average Bonchev–Trinajstić information content (AvgIpc) is 3.19. The van der Waals surface area contributed by atoms with Crippen LogP contribution in [0.3, 0.4) is 0 Å². The van der Waals surface area contributed by atoms with E-state index in [1.807, 2.05) is 51.1 Å². The molecule has 5 nitrogen and oxygen atoms in total. The van der Waals surface area contributed by atoms with Gasteiger partial charge >= 0.3 is 0 Å². The molecule has 1 aromatic heterocycles. The lowest BCUT2D eigenvalue weighted by atomic mass is 9.96. The van der Waals surface area contributed by atoms with Crippen LogP contribution >= 0.6 is 0 Å².